The molecular formula is C14H14ClN3O. The molecule has 0 saturated carbocycles. The molecule has 1 aromatic rings. The van der Waals surface area contributed by atoms with E-state index in [1.807, 2.05) is 19.1 Å². The van der Waals surface area contributed by atoms with Crippen LogP contribution in [0.1, 0.15) is 12.0 Å². The second-order valence-electron chi connectivity index (χ2n) is 4.53. The molecule has 0 unspecified atom stereocenters. The van der Waals surface area contributed by atoms with Crippen molar-refractivity contribution in [2.24, 2.45) is 0 Å². The van der Waals surface area contributed by atoms with Crippen LogP contribution in [0.4, 0.5) is 5.69 Å². The summed E-state index contributed by atoms with van der Waals surface area (Å²) in [6.07, 6.45) is 4.39. The number of carbonyl (C=O) groups is 1. The molecule has 0 spiro atoms. The third kappa shape index (κ3) is 3.49. The van der Waals surface area contributed by atoms with Crippen molar-refractivity contribution in [2.45, 2.75) is 13.3 Å². The predicted octanol–water partition coefficient (Wildman–Crippen LogP) is 2.70. The van der Waals surface area contributed by atoms with Gasteiger partial charge in [-0.1, -0.05) is 17.7 Å². The Labute approximate surface area is 117 Å². The van der Waals surface area contributed by atoms with Crippen molar-refractivity contribution in [1.82, 2.24) is 4.90 Å². The van der Waals surface area contributed by atoms with E-state index in [9.17, 15) is 4.79 Å². The summed E-state index contributed by atoms with van der Waals surface area (Å²) >= 11 is 6.00. The van der Waals surface area contributed by atoms with Crippen LogP contribution < -0.4 is 5.32 Å². The molecule has 2 rings (SSSR count). The zero-order valence-corrected chi connectivity index (χ0v) is 11.4. The maximum Gasteiger partial charge on any atom is 0.248 e. The summed E-state index contributed by atoms with van der Waals surface area (Å²) in [4.78, 5) is 13.5. The molecule has 0 atom stereocenters. The average molecular weight is 276 g/mol. The molecule has 5 heteroatoms. The Balaban J connectivity index is 2.00. The minimum Gasteiger partial charge on any atom is -0.322 e. The molecule has 0 aliphatic carbocycles. The number of nitriles is 1. The number of amides is 1. The number of carbonyl (C=O) groups excluding carboxylic acids is 1. The van der Waals surface area contributed by atoms with Gasteiger partial charge in [0.25, 0.3) is 0 Å². The molecule has 0 bridgehead atoms. The maximum atomic E-state index is 11.8. The van der Waals surface area contributed by atoms with E-state index in [1.54, 1.807) is 17.0 Å². The number of nitrogens with one attached hydrogen (secondary N) is 1. The zero-order chi connectivity index (χ0) is 13.8. The molecule has 1 saturated heterocycles. The number of aryl methyl sites for hydroxylation is 1. The molecule has 1 aliphatic heterocycles. The van der Waals surface area contributed by atoms with Crippen LogP contribution in [-0.2, 0) is 4.79 Å². The first-order chi connectivity index (χ1) is 9.08. The van der Waals surface area contributed by atoms with Crippen molar-refractivity contribution >= 4 is 23.2 Å². The Bertz CT molecular complexity index is 575. The molecule has 1 fully saturated rings. The Morgan fingerprint density at radius 3 is 3.00 bits per heavy atom. The molecule has 1 amide bonds. The molecule has 0 radical (unpaired) electrons. The molecule has 19 heavy (non-hydrogen) atoms. The van der Waals surface area contributed by atoms with Gasteiger partial charge in [0.05, 0.1) is 0 Å². The third-order valence-electron chi connectivity index (χ3n) is 3.01. The molecular weight excluding hydrogens is 262 g/mol. The minimum absolute atomic E-state index is 0.185. The monoisotopic (exact) mass is 275 g/mol. The first kappa shape index (κ1) is 13.4. The van der Waals surface area contributed by atoms with E-state index in [4.69, 9.17) is 16.9 Å². The highest BCUT2D eigenvalue weighted by molar-refractivity contribution is 6.31. The lowest BCUT2D eigenvalue weighted by Gasteiger charge is -2.05. The van der Waals surface area contributed by atoms with Crippen LogP contribution in [0.2, 0.25) is 5.02 Å². The van der Waals surface area contributed by atoms with E-state index in [2.05, 4.69) is 11.5 Å². The van der Waals surface area contributed by atoms with Crippen LogP contribution in [-0.4, -0.2) is 23.9 Å². The normalized spacial score (nSPS) is 16.5. The van der Waals surface area contributed by atoms with Crippen LogP contribution in [0.5, 0.6) is 0 Å². The van der Waals surface area contributed by atoms with Crippen molar-refractivity contribution in [1.29, 1.82) is 5.26 Å². The van der Waals surface area contributed by atoms with Gasteiger partial charge >= 0.3 is 0 Å². The Morgan fingerprint density at radius 2 is 2.37 bits per heavy atom. The van der Waals surface area contributed by atoms with E-state index in [-0.39, 0.29) is 5.91 Å². The van der Waals surface area contributed by atoms with Crippen molar-refractivity contribution in [3.63, 3.8) is 0 Å². The number of halogens is 1. The molecule has 1 aliphatic rings. The van der Waals surface area contributed by atoms with Crippen molar-refractivity contribution in [2.75, 3.05) is 18.4 Å². The van der Waals surface area contributed by atoms with Gasteiger partial charge in [-0.2, -0.15) is 5.26 Å². The van der Waals surface area contributed by atoms with Crippen LogP contribution in [0.25, 0.3) is 0 Å². The predicted molar refractivity (Wildman–Crippen MR) is 74.7 cm³/mol. The number of rotatable bonds is 2. The fraction of sp³-hybridized carbons (Fsp3) is 0.286. The summed E-state index contributed by atoms with van der Waals surface area (Å²) in [6, 6.07) is 5.40. The molecule has 1 N–H and O–H groups in total. The zero-order valence-electron chi connectivity index (χ0n) is 10.6. The van der Waals surface area contributed by atoms with E-state index < -0.39 is 0 Å². The van der Waals surface area contributed by atoms with Gasteiger partial charge in [0, 0.05) is 29.9 Å². The maximum absolute atomic E-state index is 11.8. The summed E-state index contributed by atoms with van der Waals surface area (Å²) in [5, 5.41) is 12.1. The van der Waals surface area contributed by atoms with Crippen LogP contribution in [0.3, 0.4) is 0 Å². The van der Waals surface area contributed by atoms with Crippen LogP contribution in [0.15, 0.2) is 29.8 Å². The summed E-state index contributed by atoms with van der Waals surface area (Å²) in [6.45, 7) is 3.13. The molecule has 1 heterocycles. The van der Waals surface area contributed by atoms with Gasteiger partial charge in [0.2, 0.25) is 5.91 Å². The summed E-state index contributed by atoms with van der Waals surface area (Å²) in [5.74, 6) is -0.185. The lowest BCUT2D eigenvalue weighted by molar-refractivity contribution is -0.112. The molecule has 4 nitrogen and oxygen atoms in total. The number of anilines is 1. The number of likely N-dealkylation sites (tertiary alicyclic amines) is 1. The third-order valence-corrected chi connectivity index (χ3v) is 3.42. The number of benzene rings is 1. The first-order valence-corrected chi connectivity index (χ1v) is 6.37. The van der Waals surface area contributed by atoms with E-state index >= 15 is 0 Å². The standard InChI is InChI=1S/C14H14ClN3O/c1-10-2-3-12(7-13(10)15)17-14(19)6-11-4-5-18(8-11)9-16/h2-3,6-7H,4-5,8H2,1H3,(H,17,19)/b11-6-. The van der Waals surface area contributed by atoms with E-state index in [0.717, 1.165) is 17.6 Å². The molecule has 1 aromatic carbocycles. The van der Waals surface area contributed by atoms with Gasteiger partial charge in [-0.3, -0.25) is 4.79 Å². The van der Waals surface area contributed by atoms with Gasteiger partial charge in [0.15, 0.2) is 6.19 Å². The van der Waals surface area contributed by atoms with E-state index in [1.165, 1.54) is 0 Å². The summed E-state index contributed by atoms with van der Waals surface area (Å²) < 4.78 is 0. The number of hydrogen-bond donors (Lipinski definition) is 1. The van der Waals surface area contributed by atoms with Crippen molar-refractivity contribution < 1.29 is 4.79 Å². The van der Waals surface area contributed by atoms with Crippen LogP contribution >= 0.6 is 11.6 Å². The van der Waals surface area contributed by atoms with Crippen molar-refractivity contribution in [3.05, 3.63) is 40.4 Å². The Kier molecular flexibility index (Phi) is 4.08. The van der Waals surface area contributed by atoms with Gasteiger partial charge in [-0.25, -0.2) is 0 Å². The van der Waals surface area contributed by atoms with Gasteiger partial charge in [-0.05, 0) is 36.6 Å². The highest BCUT2D eigenvalue weighted by Crippen LogP contribution is 2.20. The second kappa shape index (κ2) is 5.77. The largest absolute Gasteiger partial charge is 0.322 e. The van der Waals surface area contributed by atoms with Gasteiger partial charge < -0.3 is 10.2 Å². The Morgan fingerprint density at radius 1 is 1.58 bits per heavy atom. The molecule has 0 aromatic heterocycles. The number of hydrogen-bond acceptors (Lipinski definition) is 3. The van der Waals surface area contributed by atoms with Gasteiger partial charge in [-0.15, -0.1) is 0 Å². The molecule has 98 valence electrons. The summed E-state index contributed by atoms with van der Waals surface area (Å²) in [5.41, 5.74) is 2.61. The first-order valence-electron chi connectivity index (χ1n) is 6.00. The van der Waals surface area contributed by atoms with Crippen molar-refractivity contribution in [3.8, 4) is 6.19 Å². The second-order valence-corrected chi connectivity index (χ2v) is 4.93. The van der Waals surface area contributed by atoms with E-state index in [0.29, 0.717) is 23.8 Å². The Hall–Kier alpha value is -1.99. The summed E-state index contributed by atoms with van der Waals surface area (Å²) in [7, 11) is 0. The lowest BCUT2D eigenvalue weighted by Crippen LogP contribution is -2.12. The fourth-order valence-electron chi connectivity index (χ4n) is 1.92. The highest BCUT2D eigenvalue weighted by Gasteiger charge is 2.15. The van der Waals surface area contributed by atoms with Crippen LogP contribution in [0, 0.1) is 18.4 Å². The average Bonchev–Trinajstić information content (AvgIpc) is 2.81. The van der Waals surface area contributed by atoms with Gasteiger partial charge in [0.1, 0.15) is 0 Å². The topological polar surface area (TPSA) is 56.1 Å². The SMILES string of the molecule is Cc1ccc(NC(=O)/C=C2/CCN(C#N)C2)cc1Cl. The highest BCUT2D eigenvalue weighted by atomic mass is 35.5. The minimum atomic E-state index is -0.185. The smallest absolute Gasteiger partial charge is 0.248 e. The number of nitrogens with zero attached hydrogens (tertiary/aromatic N) is 2. The lowest BCUT2D eigenvalue weighted by atomic mass is 10.2. The quantitative estimate of drug-likeness (QED) is 0.667. The fourth-order valence-corrected chi connectivity index (χ4v) is 2.10.